The third-order valence-electron chi connectivity index (χ3n) is 5.18. The summed E-state index contributed by atoms with van der Waals surface area (Å²) in [7, 11) is 0. The van der Waals surface area contributed by atoms with Crippen LogP contribution in [0.15, 0.2) is 0 Å². The Morgan fingerprint density at radius 3 is 2.20 bits per heavy atom. The molecule has 0 aliphatic heterocycles. The summed E-state index contributed by atoms with van der Waals surface area (Å²) in [6.07, 6.45) is 10.7. The SMILES string of the molecule is CCCCC1CCC(C(=O)NC(CC)(CC)CBr)CC1. The van der Waals surface area contributed by atoms with Gasteiger partial charge in [0, 0.05) is 16.8 Å². The molecule has 0 atom stereocenters. The van der Waals surface area contributed by atoms with Crippen LogP contribution in [0.3, 0.4) is 0 Å². The van der Waals surface area contributed by atoms with E-state index in [1.54, 1.807) is 0 Å². The summed E-state index contributed by atoms with van der Waals surface area (Å²) >= 11 is 3.57. The van der Waals surface area contributed by atoms with Crippen molar-refractivity contribution in [2.45, 2.75) is 84.1 Å². The second-order valence-electron chi connectivity index (χ2n) is 6.47. The first-order chi connectivity index (χ1) is 9.60. The van der Waals surface area contributed by atoms with Crippen LogP contribution in [0.5, 0.6) is 0 Å². The number of hydrogen-bond donors (Lipinski definition) is 1. The zero-order valence-electron chi connectivity index (χ0n) is 13.5. The number of hydrogen-bond acceptors (Lipinski definition) is 1. The molecule has 0 spiro atoms. The lowest BCUT2D eigenvalue weighted by Crippen LogP contribution is -2.51. The van der Waals surface area contributed by atoms with Crippen molar-refractivity contribution in [3.63, 3.8) is 0 Å². The summed E-state index contributed by atoms with van der Waals surface area (Å²) in [5.41, 5.74) is -0.0455. The molecular weight excluding hydrogens is 314 g/mol. The van der Waals surface area contributed by atoms with Crippen LogP contribution >= 0.6 is 15.9 Å². The number of nitrogens with one attached hydrogen (secondary N) is 1. The zero-order chi connectivity index (χ0) is 15.0. The molecule has 0 aromatic rings. The standard InChI is InChI=1S/C17H32BrNO/c1-4-7-8-14-9-11-15(12-10-14)16(20)19-17(5-2,6-3)13-18/h14-15H,4-13H2,1-3H3,(H,19,20). The number of rotatable bonds is 8. The molecule has 1 aliphatic rings. The van der Waals surface area contributed by atoms with E-state index in [1.807, 2.05) is 0 Å². The highest BCUT2D eigenvalue weighted by atomic mass is 79.9. The van der Waals surface area contributed by atoms with Gasteiger partial charge in [0.1, 0.15) is 0 Å². The Labute approximate surface area is 133 Å². The predicted octanol–water partition coefficient (Wildman–Crippen LogP) is 5.05. The molecule has 2 nitrogen and oxygen atoms in total. The number of carbonyl (C=O) groups is 1. The van der Waals surface area contributed by atoms with Gasteiger partial charge in [-0.05, 0) is 44.4 Å². The molecule has 1 rings (SSSR count). The van der Waals surface area contributed by atoms with Gasteiger partial charge in [-0.25, -0.2) is 0 Å². The fourth-order valence-corrected chi connectivity index (χ4v) is 4.15. The Balaban J connectivity index is 2.42. The predicted molar refractivity (Wildman–Crippen MR) is 90.2 cm³/mol. The summed E-state index contributed by atoms with van der Waals surface area (Å²) in [5.74, 6) is 1.42. The highest BCUT2D eigenvalue weighted by Crippen LogP contribution is 2.32. The highest BCUT2D eigenvalue weighted by molar-refractivity contribution is 9.09. The number of carbonyl (C=O) groups excluding carboxylic acids is 1. The van der Waals surface area contributed by atoms with E-state index in [0.717, 1.165) is 36.9 Å². The fourth-order valence-electron chi connectivity index (χ4n) is 3.22. The molecule has 1 fully saturated rings. The van der Waals surface area contributed by atoms with Gasteiger partial charge < -0.3 is 5.32 Å². The normalized spacial score (nSPS) is 23.6. The summed E-state index contributed by atoms with van der Waals surface area (Å²) < 4.78 is 0. The van der Waals surface area contributed by atoms with Gasteiger partial charge in [-0.15, -0.1) is 0 Å². The zero-order valence-corrected chi connectivity index (χ0v) is 15.1. The van der Waals surface area contributed by atoms with E-state index in [9.17, 15) is 4.79 Å². The Kier molecular flexibility index (Phi) is 8.16. The van der Waals surface area contributed by atoms with Crippen LogP contribution in [-0.2, 0) is 4.79 Å². The second kappa shape index (κ2) is 9.07. The van der Waals surface area contributed by atoms with E-state index >= 15 is 0 Å². The van der Waals surface area contributed by atoms with Crippen molar-refractivity contribution in [2.24, 2.45) is 11.8 Å². The van der Waals surface area contributed by atoms with E-state index in [4.69, 9.17) is 0 Å². The number of halogens is 1. The second-order valence-corrected chi connectivity index (χ2v) is 7.03. The molecule has 1 aliphatic carbocycles. The minimum atomic E-state index is -0.0455. The molecule has 0 bridgehead atoms. The van der Waals surface area contributed by atoms with E-state index in [0.29, 0.717) is 5.91 Å². The van der Waals surface area contributed by atoms with Crippen molar-refractivity contribution in [3.05, 3.63) is 0 Å². The quantitative estimate of drug-likeness (QED) is 0.612. The highest BCUT2D eigenvalue weighted by Gasteiger charge is 2.32. The fraction of sp³-hybridized carbons (Fsp3) is 0.941. The molecule has 1 saturated carbocycles. The van der Waals surface area contributed by atoms with Crippen molar-refractivity contribution < 1.29 is 4.79 Å². The third kappa shape index (κ3) is 5.05. The lowest BCUT2D eigenvalue weighted by atomic mass is 9.79. The summed E-state index contributed by atoms with van der Waals surface area (Å²) in [6.45, 7) is 6.58. The molecule has 1 N–H and O–H groups in total. The lowest BCUT2D eigenvalue weighted by molar-refractivity contribution is -0.128. The van der Waals surface area contributed by atoms with Crippen LogP contribution in [0.25, 0.3) is 0 Å². The largest absolute Gasteiger partial charge is 0.350 e. The van der Waals surface area contributed by atoms with Gasteiger partial charge in [-0.1, -0.05) is 56.0 Å². The van der Waals surface area contributed by atoms with Crippen LogP contribution in [0, 0.1) is 11.8 Å². The van der Waals surface area contributed by atoms with Gasteiger partial charge in [0.05, 0.1) is 0 Å². The third-order valence-corrected chi connectivity index (χ3v) is 6.25. The summed E-state index contributed by atoms with van der Waals surface area (Å²) in [5, 5.41) is 4.17. The van der Waals surface area contributed by atoms with Crippen molar-refractivity contribution in [2.75, 3.05) is 5.33 Å². The van der Waals surface area contributed by atoms with E-state index in [1.165, 1.54) is 32.1 Å². The van der Waals surface area contributed by atoms with Gasteiger partial charge in [0.15, 0.2) is 0 Å². The first-order valence-electron chi connectivity index (χ1n) is 8.48. The first kappa shape index (κ1) is 18.0. The molecular formula is C17H32BrNO. The minimum absolute atomic E-state index is 0.0455. The molecule has 0 aromatic carbocycles. The smallest absolute Gasteiger partial charge is 0.223 e. The summed E-state index contributed by atoms with van der Waals surface area (Å²) in [4.78, 5) is 12.5. The monoisotopic (exact) mass is 345 g/mol. The van der Waals surface area contributed by atoms with Crippen LogP contribution < -0.4 is 5.32 Å². The molecule has 0 heterocycles. The Hall–Kier alpha value is -0.0500. The van der Waals surface area contributed by atoms with Gasteiger partial charge in [0.2, 0.25) is 5.91 Å². The number of unbranched alkanes of at least 4 members (excludes halogenated alkanes) is 1. The Morgan fingerprint density at radius 2 is 1.75 bits per heavy atom. The summed E-state index contributed by atoms with van der Waals surface area (Å²) in [6, 6.07) is 0. The maximum atomic E-state index is 12.5. The van der Waals surface area contributed by atoms with Gasteiger partial charge in [-0.3, -0.25) is 4.79 Å². The van der Waals surface area contributed by atoms with Gasteiger partial charge in [-0.2, -0.15) is 0 Å². The van der Waals surface area contributed by atoms with Crippen molar-refractivity contribution in [1.82, 2.24) is 5.32 Å². The number of alkyl halides is 1. The molecule has 118 valence electrons. The number of amides is 1. The average molecular weight is 346 g/mol. The van der Waals surface area contributed by atoms with E-state index in [-0.39, 0.29) is 11.5 Å². The Bertz CT molecular complexity index is 272. The molecule has 0 saturated heterocycles. The average Bonchev–Trinajstić information content (AvgIpc) is 2.51. The molecule has 20 heavy (non-hydrogen) atoms. The van der Waals surface area contributed by atoms with Crippen LogP contribution in [0.2, 0.25) is 0 Å². The molecule has 1 amide bonds. The van der Waals surface area contributed by atoms with Crippen LogP contribution in [0.1, 0.15) is 78.6 Å². The van der Waals surface area contributed by atoms with Crippen molar-refractivity contribution in [3.8, 4) is 0 Å². The molecule has 0 radical (unpaired) electrons. The van der Waals surface area contributed by atoms with Crippen molar-refractivity contribution >= 4 is 21.8 Å². The molecule has 3 heteroatoms. The maximum Gasteiger partial charge on any atom is 0.223 e. The van der Waals surface area contributed by atoms with Crippen molar-refractivity contribution in [1.29, 1.82) is 0 Å². The lowest BCUT2D eigenvalue weighted by Gasteiger charge is -2.34. The van der Waals surface area contributed by atoms with Gasteiger partial charge in [0.25, 0.3) is 0 Å². The van der Waals surface area contributed by atoms with Gasteiger partial charge >= 0.3 is 0 Å². The Morgan fingerprint density at radius 1 is 1.15 bits per heavy atom. The van der Waals surface area contributed by atoms with E-state index < -0.39 is 0 Å². The topological polar surface area (TPSA) is 29.1 Å². The molecule has 0 aromatic heterocycles. The minimum Gasteiger partial charge on any atom is -0.350 e. The van der Waals surface area contributed by atoms with Crippen LogP contribution in [0.4, 0.5) is 0 Å². The van der Waals surface area contributed by atoms with Crippen LogP contribution in [-0.4, -0.2) is 16.8 Å². The molecule has 0 unspecified atom stereocenters. The maximum absolute atomic E-state index is 12.5. The first-order valence-corrected chi connectivity index (χ1v) is 9.60. The van der Waals surface area contributed by atoms with E-state index in [2.05, 4.69) is 42.0 Å².